The Kier molecular flexibility index (Phi) is 3.58. The van der Waals surface area contributed by atoms with Crippen molar-refractivity contribution < 1.29 is 4.74 Å². The van der Waals surface area contributed by atoms with Gasteiger partial charge in [-0.1, -0.05) is 54.6 Å². The molecule has 0 radical (unpaired) electrons. The van der Waals surface area contributed by atoms with Crippen LogP contribution in [-0.4, -0.2) is 6.61 Å². The minimum Gasteiger partial charge on any atom is -0.373 e. The topological polar surface area (TPSA) is 9.23 Å². The van der Waals surface area contributed by atoms with E-state index in [-0.39, 0.29) is 6.10 Å². The van der Waals surface area contributed by atoms with Gasteiger partial charge in [-0.25, -0.2) is 0 Å². The van der Waals surface area contributed by atoms with Gasteiger partial charge < -0.3 is 4.74 Å². The molecule has 0 spiro atoms. The van der Waals surface area contributed by atoms with Crippen LogP contribution in [0.25, 0.3) is 32.7 Å². The van der Waals surface area contributed by atoms with Crippen molar-refractivity contribution in [3.63, 3.8) is 0 Å². The molecule has 0 amide bonds. The minimum absolute atomic E-state index is 0.287. The van der Waals surface area contributed by atoms with Crippen LogP contribution >= 0.6 is 0 Å². The van der Waals surface area contributed by atoms with Gasteiger partial charge in [0, 0.05) is 6.42 Å². The van der Waals surface area contributed by atoms with Crippen LogP contribution in [0.5, 0.6) is 0 Å². The van der Waals surface area contributed by atoms with E-state index in [9.17, 15) is 0 Å². The molecule has 1 heterocycles. The first-order valence-electron chi connectivity index (χ1n) is 9.35. The third kappa shape index (κ3) is 2.43. The second kappa shape index (κ2) is 5.96. The van der Waals surface area contributed by atoms with E-state index in [1.54, 1.807) is 0 Å². The van der Waals surface area contributed by atoms with E-state index in [2.05, 4.69) is 80.6 Å². The maximum absolute atomic E-state index is 5.70. The Morgan fingerprint density at radius 2 is 1.38 bits per heavy atom. The molecule has 1 unspecified atom stereocenters. The fraction of sp³-hybridized carbons (Fsp3) is 0.200. The van der Waals surface area contributed by atoms with E-state index in [1.807, 2.05) is 0 Å². The van der Waals surface area contributed by atoms with E-state index >= 15 is 0 Å². The summed E-state index contributed by atoms with van der Waals surface area (Å²) in [5, 5.41) is 5.38. The molecular weight excluding hydrogens is 316 g/mol. The van der Waals surface area contributed by atoms with Crippen molar-refractivity contribution in [3.8, 4) is 11.1 Å². The quantitative estimate of drug-likeness (QED) is 0.368. The lowest BCUT2D eigenvalue weighted by atomic mass is 9.89. The molecule has 1 saturated heterocycles. The van der Waals surface area contributed by atoms with Gasteiger partial charge in [-0.3, -0.25) is 0 Å². The molecule has 4 aromatic rings. The zero-order chi connectivity index (χ0) is 17.7. The van der Waals surface area contributed by atoms with Crippen molar-refractivity contribution in [1.82, 2.24) is 0 Å². The highest BCUT2D eigenvalue weighted by Gasteiger charge is 2.21. The first-order valence-corrected chi connectivity index (χ1v) is 9.35. The van der Waals surface area contributed by atoms with Crippen LogP contribution in [0.4, 0.5) is 0 Å². The summed E-state index contributed by atoms with van der Waals surface area (Å²) in [6.45, 7) is 5.35. The van der Waals surface area contributed by atoms with Crippen molar-refractivity contribution in [2.75, 3.05) is 6.61 Å². The highest BCUT2D eigenvalue weighted by atomic mass is 16.5. The predicted molar refractivity (Wildman–Crippen MR) is 110 cm³/mol. The Morgan fingerprint density at radius 3 is 2.04 bits per heavy atom. The monoisotopic (exact) mass is 338 g/mol. The second-order valence-electron chi connectivity index (χ2n) is 7.41. The predicted octanol–water partition coefficient (Wildman–Crippen LogP) is 6.74. The van der Waals surface area contributed by atoms with Crippen molar-refractivity contribution in [1.29, 1.82) is 0 Å². The van der Waals surface area contributed by atoms with Crippen LogP contribution in [0.15, 0.2) is 66.7 Å². The van der Waals surface area contributed by atoms with Gasteiger partial charge in [-0.05, 0) is 75.3 Å². The molecule has 1 nitrogen and oxygen atoms in total. The molecule has 1 aliphatic heterocycles. The number of fused-ring (bicyclic) bond motifs is 3. The third-order valence-corrected chi connectivity index (χ3v) is 5.62. The van der Waals surface area contributed by atoms with Gasteiger partial charge in [-0.15, -0.1) is 0 Å². The first-order chi connectivity index (χ1) is 12.7. The molecule has 1 fully saturated rings. The van der Waals surface area contributed by atoms with Crippen molar-refractivity contribution >= 4 is 21.5 Å². The third-order valence-electron chi connectivity index (χ3n) is 5.62. The maximum Gasteiger partial charge on any atom is 0.0847 e. The molecule has 5 rings (SSSR count). The standard InChI is InChI=1S/C25H22O/c1-16-12-21(18-6-4-3-5-7-18)14-19-8-9-20-15-22(23-10-11-26-23)13-17(2)25(20)24(16)19/h3-9,12-15,23H,10-11H2,1-2H3. The van der Waals surface area contributed by atoms with Crippen LogP contribution in [0.3, 0.4) is 0 Å². The van der Waals surface area contributed by atoms with Gasteiger partial charge >= 0.3 is 0 Å². The number of hydrogen-bond acceptors (Lipinski definition) is 1. The lowest BCUT2D eigenvalue weighted by Crippen LogP contribution is -2.18. The van der Waals surface area contributed by atoms with Crippen molar-refractivity contribution in [2.45, 2.75) is 26.4 Å². The Morgan fingerprint density at radius 1 is 0.731 bits per heavy atom. The second-order valence-corrected chi connectivity index (χ2v) is 7.41. The minimum atomic E-state index is 0.287. The SMILES string of the molecule is Cc1cc(-c2ccccc2)cc2ccc3cc(C4CCO4)cc(C)c3c12. The largest absolute Gasteiger partial charge is 0.373 e. The number of rotatable bonds is 2. The zero-order valence-electron chi connectivity index (χ0n) is 15.3. The van der Waals surface area contributed by atoms with Crippen molar-refractivity contribution in [2.24, 2.45) is 0 Å². The number of benzene rings is 4. The van der Waals surface area contributed by atoms with Gasteiger partial charge in [0.15, 0.2) is 0 Å². The number of hydrogen-bond donors (Lipinski definition) is 0. The average Bonchev–Trinajstić information content (AvgIpc) is 2.60. The lowest BCUT2D eigenvalue weighted by Gasteiger charge is -2.27. The fourth-order valence-corrected chi connectivity index (χ4v) is 4.26. The number of aryl methyl sites for hydroxylation is 2. The summed E-state index contributed by atoms with van der Waals surface area (Å²) in [4.78, 5) is 0. The van der Waals surface area contributed by atoms with Gasteiger partial charge in [0.25, 0.3) is 0 Å². The van der Waals surface area contributed by atoms with Gasteiger partial charge in [0.1, 0.15) is 0 Å². The van der Waals surface area contributed by atoms with Gasteiger partial charge in [0.05, 0.1) is 12.7 Å². The first kappa shape index (κ1) is 15.6. The maximum atomic E-state index is 5.70. The van der Waals surface area contributed by atoms with E-state index in [4.69, 9.17) is 4.74 Å². The summed E-state index contributed by atoms with van der Waals surface area (Å²) >= 11 is 0. The lowest BCUT2D eigenvalue weighted by molar-refractivity contribution is -0.0526. The van der Waals surface area contributed by atoms with Crippen LogP contribution in [0.1, 0.15) is 29.2 Å². The van der Waals surface area contributed by atoms with E-state index in [0.717, 1.165) is 13.0 Å². The molecule has 1 heteroatoms. The normalized spacial score (nSPS) is 16.8. The molecule has 0 bridgehead atoms. The van der Waals surface area contributed by atoms with Crippen LogP contribution in [-0.2, 0) is 4.74 Å². The Bertz CT molecular complexity index is 1120. The molecule has 1 aliphatic rings. The summed E-state index contributed by atoms with van der Waals surface area (Å²) in [5.74, 6) is 0. The van der Waals surface area contributed by atoms with Gasteiger partial charge in [-0.2, -0.15) is 0 Å². The average molecular weight is 338 g/mol. The zero-order valence-corrected chi connectivity index (χ0v) is 15.3. The van der Waals surface area contributed by atoms with Crippen molar-refractivity contribution in [3.05, 3.63) is 83.4 Å². The van der Waals surface area contributed by atoms with E-state index in [0.29, 0.717) is 0 Å². The molecule has 128 valence electrons. The smallest absolute Gasteiger partial charge is 0.0847 e. The molecule has 0 aromatic heterocycles. The summed E-state index contributed by atoms with van der Waals surface area (Å²) < 4.78 is 5.70. The molecule has 4 aromatic carbocycles. The summed E-state index contributed by atoms with van der Waals surface area (Å²) in [7, 11) is 0. The van der Waals surface area contributed by atoms with Crippen LogP contribution in [0.2, 0.25) is 0 Å². The summed E-state index contributed by atoms with van der Waals surface area (Å²) in [5.41, 5.74) is 6.55. The molecule has 0 aliphatic carbocycles. The molecule has 0 N–H and O–H groups in total. The summed E-state index contributed by atoms with van der Waals surface area (Å²) in [6, 6.07) is 24.4. The van der Waals surface area contributed by atoms with E-state index < -0.39 is 0 Å². The highest BCUT2D eigenvalue weighted by Crippen LogP contribution is 2.37. The Balaban J connectivity index is 1.75. The number of ether oxygens (including phenoxy) is 1. The Labute approximate surface area is 154 Å². The molecule has 26 heavy (non-hydrogen) atoms. The molecular formula is C25H22O. The highest BCUT2D eigenvalue weighted by molar-refractivity contribution is 6.11. The van der Waals surface area contributed by atoms with E-state index in [1.165, 1.54) is 49.4 Å². The molecule has 0 saturated carbocycles. The van der Waals surface area contributed by atoms with Gasteiger partial charge in [0.2, 0.25) is 0 Å². The van der Waals surface area contributed by atoms with Crippen LogP contribution in [0, 0.1) is 13.8 Å². The Hall–Kier alpha value is -2.64. The summed E-state index contributed by atoms with van der Waals surface area (Å²) in [6.07, 6.45) is 1.42. The van der Waals surface area contributed by atoms with Crippen LogP contribution < -0.4 is 0 Å². The fourth-order valence-electron chi connectivity index (χ4n) is 4.26. The molecule has 1 atom stereocenters.